The zero-order valence-electron chi connectivity index (χ0n) is 11.2. The van der Waals surface area contributed by atoms with E-state index >= 15 is 0 Å². The van der Waals surface area contributed by atoms with Crippen molar-refractivity contribution in [2.24, 2.45) is 0 Å². The van der Waals surface area contributed by atoms with Crippen LogP contribution >= 0.6 is 11.3 Å². The van der Waals surface area contributed by atoms with Gasteiger partial charge in [0.25, 0.3) is 0 Å². The van der Waals surface area contributed by atoms with Gasteiger partial charge in [0.05, 0.1) is 16.8 Å². The fourth-order valence-corrected chi connectivity index (χ4v) is 3.20. The Morgan fingerprint density at radius 1 is 1.26 bits per heavy atom. The average molecular weight is 272 g/mol. The molecule has 0 atom stereocenters. The topological polar surface area (TPSA) is 53.6 Å². The molecule has 0 aliphatic rings. The van der Waals surface area contributed by atoms with Gasteiger partial charge in [0.1, 0.15) is 5.82 Å². The molecule has 0 aliphatic heterocycles. The molecule has 0 amide bonds. The van der Waals surface area contributed by atoms with Crippen LogP contribution in [0.15, 0.2) is 18.3 Å². The molecule has 1 aromatic carbocycles. The summed E-state index contributed by atoms with van der Waals surface area (Å²) in [7, 11) is 0. The van der Waals surface area contributed by atoms with Gasteiger partial charge in [0.2, 0.25) is 0 Å². The highest BCUT2D eigenvalue weighted by Gasteiger charge is 2.07. The van der Waals surface area contributed by atoms with Crippen LogP contribution in [0.4, 0.5) is 5.13 Å². The smallest absolute Gasteiger partial charge is 0.184 e. The highest BCUT2D eigenvalue weighted by Crippen LogP contribution is 2.29. The molecule has 0 spiro atoms. The SMILES string of the molecule is Cc1cc(C)c2nc(NCc3ncc(C)[nH]3)sc2c1. The lowest BCUT2D eigenvalue weighted by Gasteiger charge is -1.98. The van der Waals surface area contributed by atoms with Crippen LogP contribution in [0, 0.1) is 20.8 Å². The number of imidazole rings is 1. The minimum absolute atomic E-state index is 0.672. The van der Waals surface area contributed by atoms with E-state index < -0.39 is 0 Å². The van der Waals surface area contributed by atoms with Crippen molar-refractivity contribution in [3.05, 3.63) is 41.0 Å². The number of nitrogens with one attached hydrogen (secondary N) is 2. The molecule has 4 nitrogen and oxygen atoms in total. The zero-order chi connectivity index (χ0) is 13.4. The molecule has 0 radical (unpaired) electrons. The summed E-state index contributed by atoms with van der Waals surface area (Å²) in [5, 5.41) is 4.27. The molecule has 0 fully saturated rings. The highest BCUT2D eigenvalue weighted by atomic mass is 32.1. The number of nitrogens with zero attached hydrogens (tertiary/aromatic N) is 2. The van der Waals surface area contributed by atoms with Gasteiger partial charge in [-0.1, -0.05) is 17.4 Å². The molecule has 0 bridgehead atoms. The summed E-state index contributed by atoms with van der Waals surface area (Å²) >= 11 is 1.69. The lowest BCUT2D eigenvalue weighted by atomic mass is 10.1. The van der Waals surface area contributed by atoms with Gasteiger partial charge in [-0.15, -0.1) is 0 Å². The van der Waals surface area contributed by atoms with E-state index in [0.29, 0.717) is 6.54 Å². The molecular weight excluding hydrogens is 256 g/mol. The predicted molar refractivity (Wildman–Crippen MR) is 79.7 cm³/mol. The maximum atomic E-state index is 4.64. The average Bonchev–Trinajstić information content (AvgIpc) is 2.92. The van der Waals surface area contributed by atoms with Crippen molar-refractivity contribution in [1.82, 2.24) is 15.0 Å². The monoisotopic (exact) mass is 272 g/mol. The van der Waals surface area contributed by atoms with Gasteiger partial charge < -0.3 is 10.3 Å². The first-order valence-corrected chi connectivity index (χ1v) is 7.05. The van der Waals surface area contributed by atoms with Crippen LogP contribution < -0.4 is 5.32 Å². The van der Waals surface area contributed by atoms with Crippen molar-refractivity contribution >= 4 is 26.7 Å². The second kappa shape index (κ2) is 4.66. The largest absolute Gasteiger partial charge is 0.354 e. The number of H-pyrrole nitrogens is 1. The summed E-state index contributed by atoms with van der Waals surface area (Å²) in [5.74, 6) is 0.935. The Kier molecular flexibility index (Phi) is 2.98. The van der Waals surface area contributed by atoms with Gasteiger partial charge in [-0.3, -0.25) is 0 Å². The quantitative estimate of drug-likeness (QED) is 0.766. The van der Waals surface area contributed by atoms with Crippen LogP contribution in [0.5, 0.6) is 0 Å². The van der Waals surface area contributed by atoms with E-state index in [4.69, 9.17) is 0 Å². The van der Waals surface area contributed by atoms with Crippen LogP contribution in [0.25, 0.3) is 10.2 Å². The molecule has 0 aliphatic carbocycles. The minimum atomic E-state index is 0.672. The first kappa shape index (κ1) is 12.2. The van der Waals surface area contributed by atoms with Crippen molar-refractivity contribution < 1.29 is 0 Å². The first-order valence-electron chi connectivity index (χ1n) is 6.24. The van der Waals surface area contributed by atoms with Gasteiger partial charge >= 0.3 is 0 Å². The number of aryl methyl sites for hydroxylation is 3. The molecule has 0 unspecified atom stereocenters. The number of thiazole rings is 1. The lowest BCUT2D eigenvalue weighted by molar-refractivity contribution is 0.989. The Labute approximate surface area is 115 Å². The number of fused-ring (bicyclic) bond motifs is 1. The predicted octanol–water partition coefficient (Wildman–Crippen LogP) is 3.56. The van der Waals surface area contributed by atoms with E-state index in [1.54, 1.807) is 11.3 Å². The van der Waals surface area contributed by atoms with Crippen LogP contribution in [0.2, 0.25) is 0 Å². The summed E-state index contributed by atoms with van der Waals surface area (Å²) in [4.78, 5) is 12.1. The van der Waals surface area contributed by atoms with Crippen molar-refractivity contribution in [2.45, 2.75) is 27.3 Å². The number of hydrogen-bond donors (Lipinski definition) is 2. The van der Waals surface area contributed by atoms with Crippen molar-refractivity contribution in [3.63, 3.8) is 0 Å². The molecule has 3 aromatic rings. The fourth-order valence-electron chi connectivity index (χ4n) is 2.16. The van der Waals surface area contributed by atoms with Crippen LogP contribution in [-0.4, -0.2) is 15.0 Å². The van der Waals surface area contributed by atoms with Gasteiger partial charge in [-0.05, 0) is 38.0 Å². The van der Waals surface area contributed by atoms with Crippen LogP contribution in [0.3, 0.4) is 0 Å². The lowest BCUT2D eigenvalue weighted by Crippen LogP contribution is -2.00. The minimum Gasteiger partial charge on any atom is -0.354 e. The molecule has 2 aromatic heterocycles. The van der Waals surface area contributed by atoms with Gasteiger partial charge in [-0.2, -0.15) is 0 Å². The van der Waals surface area contributed by atoms with Crippen molar-refractivity contribution in [3.8, 4) is 0 Å². The molecule has 0 saturated carbocycles. The summed E-state index contributed by atoms with van der Waals surface area (Å²) in [5.41, 5.74) is 4.68. The standard InChI is InChI=1S/C14H16N4S/c1-8-4-9(2)13-11(5-8)19-14(18-13)16-7-12-15-6-10(3)17-12/h4-6H,7H2,1-3H3,(H,15,17)(H,16,18). The zero-order valence-corrected chi connectivity index (χ0v) is 12.1. The first-order chi connectivity index (χ1) is 9.11. The third kappa shape index (κ3) is 2.46. The number of anilines is 1. The summed E-state index contributed by atoms with van der Waals surface area (Å²) < 4.78 is 1.23. The number of benzene rings is 1. The van der Waals surface area contributed by atoms with Crippen molar-refractivity contribution in [2.75, 3.05) is 5.32 Å². The molecule has 0 saturated heterocycles. The number of aromatic nitrogens is 3. The molecule has 5 heteroatoms. The third-order valence-electron chi connectivity index (χ3n) is 2.99. The number of aromatic amines is 1. The molecule has 98 valence electrons. The van der Waals surface area contributed by atoms with E-state index in [1.165, 1.54) is 15.8 Å². The van der Waals surface area contributed by atoms with Gasteiger partial charge in [0.15, 0.2) is 5.13 Å². The number of hydrogen-bond acceptors (Lipinski definition) is 4. The maximum Gasteiger partial charge on any atom is 0.184 e. The van der Waals surface area contributed by atoms with Crippen molar-refractivity contribution in [1.29, 1.82) is 0 Å². The second-order valence-corrected chi connectivity index (χ2v) is 5.84. The van der Waals surface area contributed by atoms with Gasteiger partial charge in [-0.25, -0.2) is 9.97 Å². The third-order valence-corrected chi connectivity index (χ3v) is 3.95. The molecule has 2 heterocycles. The van der Waals surface area contributed by atoms with E-state index in [9.17, 15) is 0 Å². The molecule has 3 rings (SSSR count). The fraction of sp³-hybridized carbons (Fsp3) is 0.286. The Balaban J connectivity index is 1.83. The van der Waals surface area contributed by atoms with E-state index in [2.05, 4.69) is 46.2 Å². The highest BCUT2D eigenvalue weighted by molar-refractivity contribution is 7.22. The summed E-state index contributed by atoms with van der Waals surface area (Å²) in [6.07, 6.45) is 1.84. The van der Waals surface area contributed by atoms with Gasteiger partial charge in [0, 0.05) is 11.9 Å². The van der Waals surface area contributed by atoms with Crippen LogP contribution in [0.1, 0.15) is 22.6 Å². The summed E-state index contributed by atoms with van der Waals surface area (Å²) in [6.45, 7) is 6.89. The van der Waals surface area contributed by atoms with Crippen LogP contribution in [-0.2, 0) is 6.54 Å². The Morgan fingerprint density at radius 3 is 2.84 bits per heavy atom. The molecule has 2 N–H and O–H groups in total. The molecule has 19 heavy (non-hydrogen) atoms. The normalized spacial score (nSPS) is 11.1. The Morgan fingerprint density at radius 2 is 2.11 bits per heavy atom. The second-order valence-electron chi connectivity index (χ2n) is 4.81. The Hall–Kier alpha value is -1.88. The maximum absolute atomic E-state index is 4.64. The van der Waals surface area contributed by atoms with E-state index in [-0.39, 0.29) is 0 Å². The number of rotatable bonds is 3. The van der Waals surface area contributed by atoms with E-state index in [0.717, 1.165) is 22.2 Å². The van der Waals surface area contributed by atoms with E-state index in [1.807, 2.05) is 13.1 Å². The summed E-state index contributed by atoms with van der Waals surface area (Å²) in [6, 6.07) is 4.35. The Bertz CT molecular complexity index is 726. The molecular formula is C14H16N4S.